The molecule has 3 nitrogen and oxygen atoms in total. The number of nitriles is 1. The minimum atomic E-state index is 0.246. The molecular formula is C14H19NO2. The van der Waals surface area contributed by atoms with Crippen LogP contribution in [0.15, 0.2) is 18.2 Å². The average molecular weight is 233 g/mol. The monoisotopic (exact) mass is 233 g/mol. The van der Waals surface area contributed by atoms with E-state index in [1.807, 2.05) is 39.0 Å². The van der Waals surface area contributed by atoms with Gasteiger partial charge in [0.2, 0.25) is 0 Å². The van der Waals surface area contributed by atoms with Gasteiger partial charge in [0.05, 0.1) is 37.6 Å². The molecule has 0 unspecified atom stereocenters. The van der Waals surface area contributed by atoms with Gasteiger partial charge in [-0.1, -0.05) is 6.07 Å². The van der Waals surface area contributed by atoms with Crippen LogP contribution in [0, 0.1) is 18.3 Å². The average Bonchev–Trinajstić information content (AvgIpc) is 2.30. The molecule has 0 amide bonds. The highest BCUT2D eigenvalue weighted by Gasteiger charge is 2.00. The SMILES string of the molecule is Cc1cc(C#N)ccc1COCCOC(C)C. The first-order valence-electron chi connectivity index (χ1n) is 5.82. The van der Waals surface area contributed by atoms with Crippen molar-refractivity contribution in [1.82, 2.24) is 0 Å². The molecule has 0 fully saturated rings. The van der Waals surface area contributed by atoms with Crippen molar-refractivity contribution in [1.29, 1.82) is 5.26 Å². The molecule has 0 heterocycles. The van der Waals surface area contributed by atoms with Crippen LogP contribution in [0.4, 0.5) is 0 Å². The molecule has 1 aromatic carbocycles. The van der Waals surface area contributed by atoms with Crippen molar-refractivity contribution in [3.05, 3.63) is 34.9 Å². The lowest BCUT2D eigenvalue weighted by atomic mass is 10.1. The van der Waals surface area contributed by atoms with Gasteiger partial charge in [-0.3, -0.25) is 0 Å². The van der Waals surface area contributed by atoms with Gasteiger partial charge >= 0.3 is 0 Å². The number of hydrogen-bond donors (Lipinski definition) is 0. The number of rotatable bonds is 6. The topological polar surface area (TPSA) is 42.2 Å². The highest BCUT2D eigenvalue weighted by Crippen LogP contribution is 2.11. The zero-order valence-electron chi connectivity index (χ0n) is 10.7. The summed E-state index contributed by atoms with van der Waals surface area (Å²) in [6, 6.07) is 7.76. The van der Waals surface area contributed by atoms with Gasteiger partial charge in [-0.25, -0.2) is 0 Å². The van der Waals surface area contributed by atoms with Gasteiger partial charge in [-0.15, -0.1) is 0 Å². The molecular weight excluding hydrogens is 214 g/mol. The number of aryl methyl sites for hydroxylation is 1. The lowest BCUT2D eigenvalue weighted by molar-refractivity contribution is 0.0142. The minimum Gasteiger partial charge on any atom is -0.376 e. The smallest absolute Gasteiger partial charge is 0.0991 e. The summed E-state index contributed by atoms with van der Waals surface area (Å²) in [5, 5.41) is 8.75. The second-order valence-corrected chi connectivity index (χ2v) is 4.23. The van der Waals surface area contributed by atoms with Crippen molar-refractivity contribution >= 4 is 0 Å². The van der Waals surface area contributed by atoms with E-state index in [4.69, 9.17) is 14.7 Å². The summed E-state index contributed by atoms with van der Waals surface area (Å²) < 4.78 is 10.9. The van der Waals surface area contributed by atoms with E-state index < -0.39 is 0 Å². The molecule has 0 atom stereocenters. The number of ether oxygens (including phenoxy) is 2. The van der Waals surface area contributed by atoms with E-state index in [0.717, 1.165) is 11.1 Å². The molecule has 0 saturated heterocycles. The summed E-state index contributed by atoms with van der Waals surface area (Å²) in [6.45, 7) is 7.78. The van der Waals surface area contributed by atoms with E-state index >= 15 is 0 Å². The third kappa shape index (κ3) is 4.99. The van der Waals surface area contributed by atoms with Gasteiger partial charge in [0.25, 0.3) is 0 Å². The molecule has 1 aromatic rings. The minimum absolute atomic E-state index is 0.246. The van der Waals surface area contributed by atoms with E-state index in [1.165, 1.54) is 0 Å². The Morgan fingerprint density at radius 3 is 2.65 bits per heavy atom. The zero-order valence-corrected chi connectivity index (χ0v) is 10.7. The summed E-state index contributed by atoms with van der Waals surface area (Å²) >= 11 is 0. The molecule has 3 heteroatoms. The standard InChI is InChI=1S/C14H19NO2/c1-11(2)17-7-6-16-10-14-5-4-13(9-15)8-12(14)3/h4-5,8,11H,6-7,10H2,1-3H3. The Morgan fingerprint density at radius 1 is 1.29 bits per heavy atom. The second-order valence-electron chi connectivity index (χ2n) is 4.23. The first kappa shape index (κ1) is 13.7. The molecule has 0 aliphatic heterocycles. The molecule has 0 aliphatic rings. The number of hydrogen-bond acceptors (Lipinski definition) is 3. The number of benzene rings is 1. The fourth-order valence-electron chi connectivity index (χ4n) is 1.45. The van der Waals surface area contributed by atoms with Crippen LogP contribution in [0.3, 0.4) is 0 Å². The first-order chi connectivity index (χ1) is 8.13. The Balaban J connectivity index is 2.35. The highest BCUT2D eigenvalue weighted by atomic mass is 16.5. The maximum absolute atomic E-state index is 8.75. The van der Waals surface area contributed by atoms with Crippen molar-refractivity contribution in [3.8, 4) is 6.07 Å². The van der Waals surface area contributed by atoms with Crippen LogP contribution in [0.2, 0.25) is 0 Å². The largest absolute Gasteiger partial charge is 0.376 e. The van der Waals surface area contributed by atoms with Crippen LogP contribution in [0.1, 0.15) is 30.5 Å². The summed E-state index contributed by atoms with van der Waals surface area (Å²) in [5.74, 6) is 0. The van der Waals surface area contributed by atoms with E-state index in [9.17, 15) is 0 Å². The van der Waals surface area contributed by atoms with Crippen molar-refractivity contribution in [2.24, 2.45) is 0 Å². The fourth-order valence-corrected chi connectivity index (χ4v) is 1.45. The number of nitrogens with zero attached hydrogens (tertiary/aromatic N) is 1. The molecule has 0 aromatic heterocycles. The third-order valence-electron chi connectivity index (χ3n) is 2.41. The van der Waals surface area contributed by atoms with E-state index in [-0.39, 0.29) is 6.10 Å². The van der Waals surface area contributed by atoms with Crippen LogP contribution < -0.4 is 0 Å². The second kappa shape index (κ2) is 7.05. The van der Waals surface area contributed by atoms with E-state index in [0.29, 0.717) is 25.4 Å². The summed E-state index contributed by atoms with van der Waals surface area (Å²) in [7, 11) is 0. The molecule has 0 saturated carbocycles. The Kier molecular flexibility index (Phi) is 5.68. The summed E-state index contributed by atoms with van der Waals surface area (Å²) in [5.41, 5.74) is 2.90. The highest BCUT2D eigenvalue weighted by molar-refractivity contribution is 5.37. The van der Waals surface area contributed by atoms with E-state index in [1.54, 1.807) is 0 Å². The molecule has 0 N–H and O–H groups in total. The van der Waals surface area contributed by atoms with Gasteiger partial charge in [0.1, 0.15) is 0 Å². The molecule has 0 aliphatic carbocycles. The molecule has 17 heavy (non-hydrogen) atoms. The Hall–Kier alpha value is -1.37. The lowest BCUT2D eigenvalue weighted by Crippen LogP contribution is -2.09. The maximum Gasteiger partial charge on any atom is 0.0991 e. The van der Waals surface area contributed by atoms with Crippen molar-refractivity contribution < 1.29 is 9.47 Å². The Labute approximate surface area is 103 Å². The van der Waals surface area contributed by atoms with Crippen LogP contribution in [0.5, 0.6) is 0 Å². The molecule has 0 radical (unpaired) electrons. The van der Waals surface area contributed by atoms with Crippen molar-refractivity contribution in [3.63, 3.8) is 0 Å². The Bertz CT molecular complexity index is 394. The van der Waals surface area contributed by atoms with Crippen molar-refractivity contribution in [2.75, 3.05) is 13.2 Å². The first-order valence-corrected chi connectivity index (χ1v) is 5.82. The van der Waals surface area contributed by atoms with Gasteiger partial charge < -0.3 is 9.47 Å². The van der Waals surface area contributed by atoms with Crippen LogP contribution in [0.25, 0.3) is 0 Å². The maximum atomic E-state index is 8.75. The van der Waals surface area contributed by atoms with Crippen LogP contribution in [-0.4, -0.2) is 19.3 Å². The Morgan fingerprint density at radius 2 is 2.06 bits per heavy atom. The van der Waals surface area contributed by atoms with Gasteiger partial charge in [0.15, 0.2) is 0 Å². The quantitative estimate of drug-likeness (QED) is 0.709. The summed E-state index contributed by atoms with van der Waals surface area (Å²) in [4.78, 5) is 0. The normalized spacial score (nSPS) is 10.5. The van der Waals surface area contributed by atoms with Crippen molar-refractivity contribution in [2.45, 2.75) is 33.5 Å². The molecule has 0 spiro atoms. The van der Waals surface area contributed by atoms with Crippen LogP contribution in [-0.2, 0) is 16.1 Å². The zero-order chi connectivity index (χ0) is 12.7. The third-order valence-corrected chi connectivity index (χ3v) is 2.41. The predicted octanol–water partition coefficient (Wildman–Crippen LogP) is 2.81. The van der Waals surface area contributed by atoms with Crippen LogP contribution >= 0.6 is 0 Å². The van der Waals surface area contributed by atoms with Gasteiger partial charge in [-0.05, 0) is 44.0 Å². The molecule has 0 bridgehead atoms. The fraction of sp³-hybridized carbons (Fsp3) is 0.500. The van der Waals surface area contributed by atoms with Gasteiger partial charge in [0, 0.05) is 0 Å². The lowest BCUT2D eigenvalue weighted by Gasteiger charge is -2.09. The van der Waals surface area contributed by atoms with E-state index in [2.05, 4.69) is 6.07 Å². The predicted molar refractivity (Wildman–Crippen MR) is 66.6 cm³/mol. The summed E-state index contributed by atoms with van der Waals surface area (Å²) in [6.07, 6.45) is 0.246. The molecule has 92 valence electrons. The van der Waals surface area contributed by atoms with Gasteiger partial charge in [-0.2, -0.15) is 5.26 Å². The molecule has 1 rings (SSSR count).